The van der Waals surface area contributed by atoms with Crippen molar-refractivity contribution in [2.24, 2.45) is 0 Å². The molecule has 1 aliphatic rings. The second-order valence-electron chi connectivity index (χ2n) is 7.45. The Bertz CT molecular complexity index is 1060. The van der Waals surface area contributed by atoms with Gasteiger partial charge in [0, 0.05) is 12.1 Å². The monoisotopic (exact) mass is 433 g/mol. The van der Waals surface area contributed by atoms with E-state index in [0.29, 0.717) is 24.0 Å². The molecule has 0 radical (unpaired) electrons. The van der Waals surface area contributed by atoms with Crippen LogP contribution in [0.15, 0.2) is 41.3 Å². The Kier molecular flexibility index (Phi) is 6.23. The van der Waals surface area contributed by atoms with Crippen LogP contribution in [0.1, 0.15) is 39.9 Å². The SMILES string of the molecule is Cc1cc(C)c(S(=O)(=O)N2CCCC2C(=O)NNC(=O)c2ccc(F)cc2)c(C)c1. The Morgan fingerprint density at radius 1 is 1.03 bits per heavy atom. The lowest BCUT2D eigenvalue weighted by Gasteiger charge is -2.25. The predicted octanol–water partition coefficient (Wildman–Crippen LogP) is 2.37. The van der Waals surface area contributed by atoms with Crippen molar-refractivity contribution < 1.29 is 22.4 Å². The van der Waals surface area contributed by atoms with Crippen LogP contribution in [0.2, 0.25) is 0 Å². The number of hydrogen-bond acceptors (Lipinski definition) is 4. The van der Waals surface area contributed by atoms with Gasteiger partial charge in [0.1, 0.15) is 11.9 Å². The first kappa shape index (κ1) is 21.9. The first-order chi connectivity index (χ1) is 14.1. The number of amides is 2. The van der Waals surface area contributed by atoms with Crippen LogP contribution in [0.3, 0.4) is 0 Å². The molecule has 1 atom stereocenters. The highest BCUT2D eigenvalue weighted by Gasteiger charge is 2.40. The minimum atomic E-state index is -3.89. The maximum atomic E-state index is 13.3. The summed E-state index contributed by atoms with van der Waals surface area (Å²) < 4.78 is 40.8. The minimum Gasteiger partial charge on any atom is -0.271 e. The number of nitrogens with zero attached hydrogens (tertiary/aromatic N) is 1. The van der Waals surface area contributed by atoms with Crippen LogP contribution >= 0.6 is 0 Å². The summed E-state index contributed by atoms with van der Waals surface area (Å²) in [5.74, 6) is -1.72. The van der Waals surface area contributed by atoms with Gasteiger partial charge in [0.15, 0.2) is 0 Å². The summed E-state index contributed by atoms with van der Waals surface area (Å²) in [6.45, 7) is 5.59. The van der Waals surface area contributed by atoms with Gasteiger partial charge in [0.05, 0.1) is 4.90 Å². The number of carbonyl (C=O) groups excluding carboxylic acids is 2. The van der Waals surface area contributed by atoms with Crippen molar-refractivity contribution >= 4 is 21.8 Å². The van der Waals surface area contributed by atoms with Gasteiger partial charge in [-0.15, -0.1) is 0 Å². The fourth-order valence-corrected chi connectivity index (χ4v) is 5.93. The number of sulfonamides is 1. The first-order valence-corrected chi connectivity index (χ1v) is 11.0. The number of benzene rings is 2. The van der Waals surface area contributed by atoms with E-state index >= 15 is 0 Å². The van der Waals surface area contributed by atoms with E-state index in [9.17, 15) is 22.4 Å². The summed E-state index contributed by atoms with van der Waals surface area (Å²) >= 11 is 0. The fraction of sp³-hybridized carbons (Fsp3) is 0.333. The molecule has 2 amide bonds. The lowest BCUT2D eigenvalue weighted by Crippen LogP contribution is -2.51. The average Bonchev–Trinajstić information content (AvgIpc) is 3.16. The molecule has 1 fully saturated rings. The van der Waals surface area contributed by atoms with Gasteiger partial charge in [-0.1, -0.05) is 17.7 Å². The van der Waals surface area contributed by atoms with Gasteiger partial charge in [-0.3, -0.25) is 20.4 Å². The van der Waals surface area contributed by atoms with E-state index in [-0.39, 0.29) is 17.0 Å². The Morgan fingerprint density at radius 3 is 2.23 bits per heavy atom. The maximum absolute atomic E-state index is 13.3. The van der Waals surface area contributed by atoms with E-state index < -0.39 is 33.7 Å². The smallest absolute Gasteiger partial charge is 0.269 e. The van der Waals surface area contributed by atoms with Crippen molar-refractivity contribution in [1.82, 2.24) is 15.2 Å². The topological polar surface area (TPSA) is 95.6 Å². The van der Waals surface area contributed by atoms with Crippen LogP contribution in [0.25, 0.3) is 0 Å². The van der Waals surface area contributed by atoms with E-state index in [4.69, 9.17) is 0 Å². The van der Waals surface area contributed by atoms with Crippen LogP contribution < -0.4 is 10.9 Å². The van der Waals surface area contributed by atoms with Gasteiger partial charge >= 0.3 is 0 Å². The van der Waals surface area contributed by atoms with Gasteiger partial charge in [-0.2, -0.15) is 4.31 Å². The highest BCUT2D eigenvalue weighted by Crippen LogP contribution is 2.30. The van der Waals surface area contributed by atoms with Gasteiger partial charge in [-0.25, -0.2) is 12.8 Å². The zero-order valence-corrected chi connectivity index (χ0v) is 17.8. The van der Waals surface area contributed by atoms with Crippen LogP contribution in [0, 0.1) is 26.6 Å². The molecule has 0 saturated carbocycles. The second-order valence-corrected chi connectivity index (χ2v) is 9.28. The van der Waals surface area contributed by atoms with Crippen molar-refractivity contribution in [3.63, 3.8) is 0 Å². The number of hydrogen-bond donors (Lipinski definition) is 2. The van der Waals surface area contributed by atoms with Crippen LogP contribution in [0.4, 0.5) is 4.39 Å². The minimum absolute atomic E-state index is 0.165. The molecule has 1 aliphatic heterocycles. The van der Waals surface area contributed by atoms with Crippen molar-refractivity contribution in [1.29, 1.82) is 0 Å². The molecular weight excluding hydrogens is 409 g/mol. The molecule has 7 nitrogen and oxygen atoms in total. The molecule has 9 heteroatoms. The molecule has 2 aromatic rings. The third-order valence-electron chi connectivity index (χ3n) is 5.08. The van der Waals surface area contributed by atoms with Crippen molar-refractivity contribution in [3.05, 3.63) is 64.5 Å². The Balaban J connectivity index is 1.75. The quantitative estimate of drug-likeness (QED) is 0.724. The van der Waals surface area contributed by atoms with Gasteiger partial charge in [0.25, 0.3) is 11.8 Å². The maximum Gasteiger partial charge on any atom is 0.269 e. The summed E-state index contributed by atoms with van der Waals surface area (Å²) in [5.41, 5.74) is 6.93. The largest absolute Gasteiger partial charge is 0.271 e. The van der Waals surface area contributed by atoms with Crippen LogP contribution in [-0.4, -0.2) is 37.1 Å². The van der Waals surface area contributed by atoms with Crippen molar-refractivity contribution in [3.8, 4) is 0 Å². The van der Waals surface area contributed by atoms with Crippen molar-refractivity contribution in [2.45, 2.75) is 44.6 Å². The van der Waals surface area contributed by atoms with Gasteiger partial charge < -0.3 is 0 Å². The Hall–Kier alpha value is -2.78. The number of rotatable bonds is 4. The van der Waals surface area contributed by atoms with E-state index in [0.717, 1.165) is 17.7 Å². The molecule has 0 bridgehead atoms. The molecule has 30 heavy (non-hydrogen) atoms. The summed E-state index contributed by atoms with van der Waals surface area (Å²) in [7, 11) is -3.89. The normalized spacial score (nSPS) is 17.0. The van der Waals surface area contributed by atoms with Crippen LogP contribution in [-0.2, 0) is 14.8 Å². The molecule has 160 valence electrons. The van der Waals surface area contributed by atoms with E-state index in [1.807, 2.05) is 6.92 Å². The summed E-state index contributed by atoms with van der Waals surface area (Å²) in [6, 6.07) is 7.51. The zero-order valence-electron chi connectivity index (χ0n) is 17.0. The molecule has 0 aromatic heterocycles. The predicted molar refractivity (Wildman–Crippen MR) is 110 cm³/mol. The number of halogens is 1. The van der Waals surface area contributed by atoms with E-state index in [2.05, 4.69) is 10.9 Å². The average molecular weight is 434 g/mol. The molecule has 0 aliphatic carbocycles. The second kappa shape index (κ2) is 8.53. The third-order valence-corrected chi connectivity index (χ3v) is 7.30. The number of aryl methyl sites for hydroxylation is 3. The number of carbonyl (C=O) groups is 2. The first-order valence-electron chi connectivity index (χ1n) is 9.56. The highest BCUT2D eigenvalue weighted by molar-refractivity contribution is 7.89. The zero-order chi connectivity index (χ0) is 22.1. The standard InChI is InChI=1S/C21H24FN3O4S/c1-13-11-14(2)19(15(3)12-13)30(28,29)25-10-4-5-18(25)21(27)24-23-20(26)16-6-8-17(22)9-7-16/h6-9,11-12,18H,4-5,10H2,1-3H3,(H,23,26)(H,24,27). The Morgan fingerprint density at radius 2 is 1.63 bits per heavy atom. The Labute approximate surface area is 175 Å². The lowest BCUT2D eigenvalue weighted by molar-refractivity contribution is -0.125. The molecule has 3 rings (SSSR count). The summed E-state index contributed by atoms with van der Waals surface area (Å²) in [4.78, 5) is 25.0. The molecule has 1 unspecified atom stereocenters. The fourth-order valence-electron chi connectivity index (χ4n) is 3.86. The molecule has 2 N–H and O–H groups in total. The van der Waals surface area contributed by atoms with E-state index in [1.165, 1.54) is 16.4 Å². The summed E-state index contributed by atoms with van der Waals surface area (Å²) in [6.07, 6.45) is 0.884. The number of nitrogens with one attached hydrogen (secondary N) is 2. The van der Waals surface area contributed by atoms with Gasteiger partial charge in [0.2, 0.25) is 10.0 Å². The molecule has 1 saturated heterocycles. The lowest BCUT2D eigenvalue weighted by atomic mass is 10.1. The molecule has 2 aromatic carbocycles. The molecule has 0 spiro atoms. The number of hydrazine groups is 1. The summed E-state index contributed by atoms with van der Waals surface area (Å²) in [5, 5.41) is 0. The van der Waals surface area contributed by atoms with Crippen LogP contribution in [0.5, 0.6) is 0 Å². The van der Waals surface area contributed by atoms with Crippen molar-refractivity contribution in [2.75, 3.05) is 6.54 Å². The highest BCUT2D eigenvalue weighted by atomic mass is 32.2. The van der Waals surface area contributed by atoms with Gasteiger partial charge in [-0.05, 0) is 69.0 Å². The van der Waals surface area contributed by atoms with E-state index in [1.54, 1.807) is 26.0 Å². The molecular formula is C21H24FN3O4S. The molecule has 1 heterocycles. The third kappa shape index (κ3) is 4.36.